The van der Waals surface area contributed by atoms with Crippen molar-refractivity contribution in [1.82, 2.24) is 19.5 Å². The second-order valence-corrected chi connectivity index (χ2v) is 15.5. The topological polar surface area (TPSA) is 144 Å². The van der Waals surface area contributed by atoms with Crippen LogP contribution in [0, 0.1) is 11.3 Å². The highest BCUT2D eigenvalue weighted by molar-refractivity contribution is 7.44. The van der Waals surface area contributed by atoms with Gasteiger partial charge in [0.25, 0.3) is 14.1 Å². The first kappa shape index (κ1) is 42.5. The molecule has 0 aliphatic carbocycles. The van der Waals surface area contributed by atoms with E-state index in [1.807, 2.05) is 93.0 Å². The van der Waals surface area contributed by atoms with Crippen molar-refractivity contribution in [2.45, 2.75) is 76.5 Å². The zero-order valence-corrected chi connectivity index (χ0v) is 34.3. The summed E-state index contributed by atoms with van der Waals surface area (Å²) in [6, 6.07) is 28.0. The standard InChI is InChI=1S/C42H53N6O7P/c1-29(2)48(30(3)4)56(53-24-12-23-43)55-38-25-37(36-26-44-41(46-40(36)49)45-28-47(5)6)54-39(38)27-52-42(31-13-10-9-11-14-31,32-15-19-34(50-7)20-16-32)33-17-21-35(51-8)22-18-33/h9-11,13-22,26,28-30,37-39H,12,24-25,27H2,1-8H3,(H,44,46,49)/b45-28+/t37-,38+,39-,56?/m1/s1. The van der Waals surface area contributed by atoms with Crippen LogP contribution in [0.25, 0.3) is 0 Å². The summed E-state index contributed by atoms with van der Waals surface area (Å²) in [5, 5.41) is 9.34. The second-order valence-electron chi connectivity index (χ2n) is 14.1. The van der Waals surface area contributed by atoms with Gasteiger partial charge in [0.2, 0.25) is 5.95 Å². The van der Waals surface area contributed by atoms with Crippen molar-refractivity contribution >= 4 is 20.8 Å². The molecule has 298 valence electrons. The van der Waals surface area contributed by atoms with Crippen molar-refractivity contribution in [3.05, 3.63) is 118 Å². The summed E-state index contributed by atoms with van der Waals surface area (Å²) in [5.74, 6) is 1.61. The van der Waals surface area contributed by atoms with Crippen molar-refractivity contribution in [3.8, 4) is 17.6 Å². The largest absolute Gasteiger partial charge is 0.497 e. The van der Waals surface area contributed by atoms with Crippen LogP contribution in [-0.2, 0) is 24.1 Å². The van der Waals surface area contributed by atoms with E-state index in [1.165, 1.54) is 6.20 Å². The van der Waals surface area contributed by atoms with Crippen molar-refractivity contribution in [3.63, 3.8) is 0 Å². The number of aromatic nitrogens is 2. The average Bonchev–Trinajstić information content (AvgIpc) is 3.59. The van der Waals surface area contributed by atoms with Gasteiger partial charge in [0.15, 0.2) is 0 Å². The van der Waals surface area contributed by atoms with Crippen LogP contribution in [0.4, 0.5) is 5.95 Å². The van der Waals surface area contributed by atoms with Gasteiger partial charge in [-0.1, -0.05) is 54.6 Å². The molecule has 13 nitrogen and oxygen atoms in total. The number of rotatable bonds is 19. The number of ether oxygens (including phenoxy) is 4. The molecule has 1 saturated heterocycles. The number of aromatic amines is 1. The number of benzene rings is 3. The molecule has 1 aliphatic heterocycles. The Hall–Kier alpha value is -4.67. The lowest BCUT2D eigenvalue weighted by Crippen LogP contribution is -2.39. The number of methoxy groups -OCH3 is 2. The normalized spacial score (nSPS) is 17.8. The number of hydrogen-bond acceptors (Lipinski definition) is 11. The molecule has 0 amide bonds. The Labute approximate surface area is 331 Å². The van der Waals surface area contributed by atoms with Gasteiger partial charge in [0.05, 0.1) is 64.0 Å². The Balaban J connectivity index is 1.59. The third kappa shape index (κ3) is 10.2. The van der Waals surface area contributed by atoms with Crippen LogP contribution in [0.15, 0.2) is 94.8 Å². The maximum absolute atomic E-state index is 13.5. The molecule has 5 rings (SSSR count). The quantitative estimate of drug-likeness (QED) is 0.0332. The van der Waals surface area contributed by atoms with E-state index in [1.54, 1.807) is 25.5 Å². The SMILES string of the molecule is COc1ccc(C(OC[C@H]2O[C@@H](c3cnc(/N=C/N(C)C)[nH]c3=O)C[C@@H]2OP(OCCC#N)N(C(C)C)C(C)C)(c2ccccc2)c2ccc(OC)cc2)cc1. The van der Waals surface area contributed by atoms with E-state index in [-0.39, 0.29) is 43.2 Å². The third-order valence-corrected chi connectivity index (χ3v) is 11.5. The number of nitrogens with zero attached hydrogens (tertiary/aromatic N) is 5. The van der Waals surface area contributed by atoms with Crippen LogP contribution in [0.5, 0.6) is 11.5 Å². The predicted molar refractivity (Wildman–Crippen MR) is 217 cm³/mol. The van der Waals surface area contributed by atoms with Gasteiger partial charge in [-0.3, -0.25) is 9.78 Å². The van der Waals surface area contributed by atoms with Crippen LogP contribution in [0.3, 0.4) is 0 Å². The van der Waals surface area contributed by atoms with E-state index in [0.717, 1.165) is 16.7 Å². The predicted octanol–water partition coefficient (Wildman–Crippen LogP) is 7.51. The molecule has 0 saturated carbocycles. The summed E-state index contributed by atoms with van der Waals surface area (Å²) in [7, 11) is 5.28. The maximum Gasteiger partial charge on any atom is 0.259 e. The van der Waals surface area contributed by atoms with Gasteiger partial charge in [-0.15, -0.1) is 0 Å². The van der Waals surface area contributed by atoms with E-state index in [0.29, 0.717) is 23.5 Å². The van der Waals surface area contributed by atoms with E-state index >= 15 is 0 Å². The number of aliphatic imine (C=N–C) groups is 1. The molecule has 1 unspecified atom stereocenters. The molecule has 0 bridgehead atoms. The summed E-state index contributed by atoms with van der Waals surface area (Å²) >= 11 is 0. The molecule has 3 aromatic carbocycles. The lowest BCUT2D eigenvalue weighted by Gasteiger charge is -2.39. The van der Waals surface area contributed by atoms with Crippen LogP contribution in [0.1, 0.15) is 68.9 Å². The Morgan fingerprint density at radius 2 is 1.55 bits per heavy atom. The summed E-state index contributed by atoms with van der Waals surface area (Å²) in [4.78, 5) is 26.7. The lowest BCUT2D eigenvalue weighted by atomic mass is 9.80. The molecule has 14 heteroatoms. The highest BCUT2D eigenvalue weighted by Crippen LogP contribution is 2.51. The molecule has 1 fully saturated rings. The summed E-state index contributed by atoms with van der Waals surface area (Å²) < 4.78 is 40.5. The zero-order chi connectivity index (χ0) is 40.2. The van der Waals surface area contributed by atoms with Crippen LogP contribution in [-0.4, -0.2) is 91.7 Å². The summed E-state index contributed by atoms with van der Waals surface area (Å²) in [6.07, 6.45) is 1.72. The molecular weight excluding hydrogens is 731 g/mol. The van der Waals surface area contributed by atoms with E-state index in [9.17, 15) is 10.1 Å². The average molecular weight is 785 g/mol. The highest BCUT2D eigenvalue weighted by atomic mass is 31.2. The molecule has 4 aromatic rings. The fraction of sp³-hybridized carbons (Fsp3) is 0.429. The van der Waals surface area contributed by atoms with Crippen molar-refractivity contribution < 1.29 is 28.0 Å². The van der Waals surface area contributed by atoms with Gasteiger partial charge in [-0.05, 0) is 68.7 Å². The van der Waals surface area contributed by atoms with Gasteiger partial charge in [-0.25, -0.2) is 14.6 Å². The van der Waals surface area contributed by atoms with Crippen LogP contribution < -0.4 is 15.0 Å². The van der Waals surface area contributed by atoms with Crippen LogP contribution >= 0.6 is 8.53 Å². The second kappa shape index (κ2) is 20.0. The van der Waals surface area contributed by atoms with Gasteiger partial charge >= 0.3 is 0 Å². The number of H-pyrrole nitrogens is 1. The molecule has 1 N–H and O–H groups in total. The number of nitriles is 1. The molecule has 1 aliphatic rings. The molecule has 0 spiro atoms. The van der Waals surface area contributed by atoms with Gasteiger partial charge in [-0.2, -0.15) is 5.26 Å². The number of hydrogen-bond donors (Lipinski definition) is 1. The van der Waals surface area contributed by atoms with Crippen molar-refractivity contribution in [1.29, 1.82) is 5.26 Å². The van der Waals surface area contributed by atoms with E-state index in [2.05, 4.69) is 53.4 Å². The van der Waals surface area contributed by atoms with E-state index in [4.69, 9.17) is 28.0 Å². The fourth-order valence-electron chi connectivity index (χ4n) is 6.73. The Morgan fingerprint density at radius 3 is 2.07 bits per heavy atom. The van der Waals surface area contributed by atoms with Crippen molar-refractivity contribution in [2.24, 2.45) is 4.99 Å². The molecular formula is C42H53N6O7P. The minimum absolute atomic E-state index is 0.0649. The molecule has 2 heterocycles. The van der Waals surface area contributed by atoms with Gasteiger partial charge in [0, 0.05) is 38.8 Å². The fourth-order valence-corrected chi connectivity index (χ4v) is 8.48. The smallest absolute Gasteiger partial charge is 0.259 e. The Bertz CT molecular complexity index is 1900. The molecule has 1 aromatic heterocycles. The monoisotopic (exact) mass is 784 g/mol. The molecule has 56 heavy (non-hydrogen) atoms. The summed E-state index contributed by atoms with van der Waals surface area (Å²) in [6.45, 7) is 8.62. The highest BCUT2D eigenvalue weighted by Gasteiger charge is 2.45. The van der Waals surface area contributed by atoms with Gasteiger partial charge in [0.1, 0.15) is 23.2 Å². The Morgan fingerprint density at radius 1 is 0.964 bits per heavy atom. The van der Waals surface area contributed by atoms with Crippen molar-refractivity contribution in [2.75, 3.05) is 41.5 Å². The first-order valence-electron chi connectivity index (χ1n) is 18.7. The first-order chi connectivity index (χ1) is 27.0. The molecule has 0 radical (unpaired) electrons. The van der Waals surface area contributed by atoms with Gasteiger partial charge < -0.3 is 32.9 Å². The number of nitrogens with one attached hydrogen (secondary N) is 1. The minimum atomic E-state index is -1.65. The lowest BCUT2D eigenvalue weighted by molar-refractivity contribution is -0.0808. The summed E-state index contributed by atoms with van der Waals surface area (Å²) in [5.41, 5.74) is 1.50. The first-order valence-corrected chi connectivity index (χ1v) is 19.8. The molecule has 4 atom stereocenters. The zero-order valence-electron chi connectivity index (χ0n) is 33.4. The third-order valence-electron chi connectivity index (χ3n) is 9.30. The maximum atomic E-state index is 13.5. The Kier molecular flexibility index (Phi) is 15.1. The minimum Gasteiger partial charge on any atom is -0.497 e. The van der Waals surface area contributed by atoms with E-state index < -0.39 is 32.4 Å². The van der Waals surface area contributed by atoms with Crippen LogP contribution in [0.2, 0.25) is 0 Å².